The minimum absolute atomic E-state index is 0.0673. The third-order valence-corrected chi connectivity index (χ3v) is 4.05. The third-order valence-electron chi connectivity index (χ3n) is 2.58. The maximum atomic E-state index is 11.7. The van der Waals surface area contributed by atoms with E-state index in [2.05, 4.69) is 10.0 Å². The predicted octanol–water partition coefficient (Wildman–Crippen LogP) is 1.90. The molecule has 0 spiro atoms. The van der Waals surface area contributed by atoms with Crippen LogP contribution in [0.15, 0.2) is 18.2 Å². The largest absolute Gasteiger partial charge is 0.352 e. The monoisotopic (exact) mass is 284 g/mol. The summed E-state index contributed by atoms with van der Waals surface area (Å²) in [6.45, 7) is 5.96. The number of aryl methyl sites for hydroxylation is 1. The summed E-state index contributed by atoms with van der Waals surface area (Å²) >= 11 is 0. The number of carbonyl (C=O) groups is 1. The Kier molecular flexibility index (Phi) is 5.35. The second-order valence-corrected chi connectivity index (χ2v) is 6.15. The van der Waals surface area contributed by atoms with Crippen LogP contribution in [-0.2, 0) is 10.0 Å². The van der Waals surface area contributed by atoms with Crippen LogP contribution in [0.5, 0.6) is 0 Å². The second-order valence-electron chi connectivity index (χ2n) is 4.31. The van der Waals surface area contributed by atoms with E-state index in [0.717, 1.165) is 5.56 Å². The molecule has 1 aromatic carbocycles. The number of benzene rings is 1. The summed E-state index contributed by atoms with van der Waals surface area (Å²) < 4.78 is 26.0. The van der Waals surface area contributed by atoms with E-state index >= 15 is 0 Å². The van der Waals surface area contributed by atoms with Crippen LogP contribution in [0.1, 0.15) is 36.2 Å². The number of rotatable bonds is 6. The lowest BCUT2D eigenvalue weighted by Gasteiger charge is -2.11. The van der Waals surface area contributed by atoms with Crippen molar-refractivity contribution in [2.24, 2.45) is 0 Å². The topological polar surface area (TPSA) is 75.3 Å². The molecule has 0 aromatic heterocycles. The molecule has 0 fully saturated rings. The zero-order valence-corrected chi connectivity index (χ0v) is 12.3. The normalized spacial score (nSPS) is 11.1. The van der Waals surface area contributed by atoms with E-state index in [1.165, 1.54) is 0 Å². The van der Waals surface area contributed by atoms with E-state index in [0.29, 0.717) is 24.2 Å². The Hall–Kier alpha value is -1.56. The molecule has 0 heterocycles. The molecule has 1 aromatic rings. The van der Waals surface area contributed by atoms with Gasteiger partial charge in [-0.15, -0.1) is 0 Å². The van der Waals surface area contributed by atoms with Gasteiger partial charge in [0.05, 0.1) is 11.4 Å². The van der Waals surface area contributed by atoms with Crippen molar-refractivity contribution < 1.29 is 13.2 Å². The Morgan fingerprint density at radius 3 is 2.53 bits per heavy atom. The first-order valence-electron chi connectivity index (χ1n) is 6.29. The summed E-state index contributed by atoms with van der Waals surface area (Å²) in [6.07, 6.45) is 0.546. The molecule has 0 unspecified atom stereocenters. The van der Waals surface area contributed by atoms with Crippen LogP contribution in [0.25, 0.3) is 0 Å². The molecule has 0 aliphatic carbocycles. The van der Waals surface area contributed by atoms with Crippen LogP contribution >= 0.6 is 0 Å². The fourth-order valence-corrected chi connectivity index (χ4v) is 2.82. The molecule has 1 amide bonds. The summed E-state index contributed by atoms with van der Waals surface area (Å²) in [5.41, 5.74) is 1.69. The molecule has 0 saturated heterocycles. The van der Waals surface area contributed by atoms with Gasteiger partial charge in [-0.2, -0.15) is 0 Å². The van der Waals surface area contributed by atoms with E-state index in [9.17, 15) is 13.2 Å². The van der Waals surface area contributed by atoms with Gasteiger partial charge in [0.1, 0.15) is 0 Å². The Labute approximate surface area is 114 Å². The average Bonchev–Trinajstić information content (AvgIpc) is 2.31. The Bertz CT molecular complexity index is 553. The van der Waals surface area contributed by atoms with Crippen LogP contribution in [-0.4, -0.2) is 26.6 Å². The highest BCUT2D eigenvalue weighted by molar-refractivity contribution is 7.92. The molecular weight excluding hydrogens is 264 g/mol. The molecule has 0 saturated carbocycles. The van der Waals surface area contributed by atoms with Gasteiger partial charge in [-0.25, -0.2) is 8.42 Å². The van der Waals surface area contributed by atoms with Crippen molar-refractivity contribution in [3.63, 3.8) is 0 Å². The van der Waals surface area contributed by atoms with E-state index in [1.807, 2.05) is 6.92 Å². The maximum Gasteiger partial charge on any atom is 0.251 e. The minimum atomic E-state index is -3.34. The number of nitrogens with one attached hydrogen (secondary N) is 2. The summed E-state index contributed by atoms with van der Waals surface area (Å²) in [6, 6.07) is 4.97. The first kappa shape index (κ1) is 15.5. The van der Waals surface area contributed by atoms with E-state index in [-0.39, 0.29) is 11.7 Å². The zero-order valence-electron chi connectivity index (χ0n) is 11.5. The zero-order chi connectivity index (χ0) is 14.5. The highest BCUT2D eigenvalue weighted by Gasteiger charge is 2.12. The van der Waals surface area contributed by atoms with Crippen molar-refractivity contribution in [2.75, 3.05) is 17.0 Å². The third kappa shape index (κ3) is 4.55. The minimum Gasteiger partial charge on any atom is -0.352 e. The molecule has 19 heavy (non-hydrogen) atoms. The van der Waals surface area contributed by atoms with Gasteiger partial charge >= 0.3 is 0 Å². The fourth-order valence-electron chi connectivity index (χ4n) is 1.62. The van der Waals surface area contributed by atoms with Gasteiger partial charge in [0.2, 0.25) is 10.0 Å². The highest BCUT2D eigenvalue weighted by Crippen LogP contribution is 2.18. The van der Waals surface area contributed by atoms with Crippen molar-refractivity contribution in [2.45, 2.75) is 27.2 Å². The van der Waals surface area contributed by atoms with Gasteiger partial charge in [0.25, 0.3) is 5.91 Å². The van der Waals surface area contributed by atoms with Crippen molar-refractivity contribution in [1.82, 2.24) is 5.32 Å². The molecule has 6 heteroatoms. The second kappa shape index (κ2) is 6.56. The standard InChI is InChI=1S/C13H20N2O3S/c1-4-8-19(17,18)15-12-9-11(7-6-10(12)3)13(16)14-5-2/h6-7,9,15H,4-5,8H2,1-3H3,(H,14,16). The summed E-state index contributed by atoms with van der Waals surface area (Å²) in [7, 11) is -3.34. The number of carbonyl (C=O) groups excluding carboxylic acids is 1. The van der Waals surface area contributed by atoms with Crippen molar-refractivity contribution >= 4 is 21.6 Å². The Morgan fingerprint density at radius 2 is 1.95 bits per heavy atom. The van der Waals surface area contributed by atoms with Gasteiger partial charge in [-0.1, -0.05) is 13.0 Å². The van der Waals surface area contributed by atoms with Gasteiger partial charge in [-0.05, 0) is 38.0 Å². The number of hydrogen-bond acceptors (Lipinski definition) is 3. The van der Waals surface area contributed by atoms with Crippen molar-refractivity contribution in [3.05, 3.63) is 29.3 Å². The van der Waals surface area contributed by atoms with Crippen LogP contribution < -0.4 is 10.0 Å². The molecule has 1 rings (SSSR count). The smallest absolute Gasteiger partial charge is 0.251 e. The quantitative estimate of drug-likeness (QED) is 0.837. The molecule has 0 bridgehead atoms. The van der Waals surface area contributed by atoms with E-state index in [1.54, 1.807) is 32.0 Å². The molecule has 0 atom stereocenters. The SMILES string of the molecule is CCCS(=O)(=O)Nc1cc(C(=O)NCC)ccc1C. The van der Waals surface area contributed by atoms with Crippen molar-refractivity contribution in [1.29, 1.82) is 0 Å². The lowest BCUT2D eigenvalue weighted by Crippen LogP contribution is -2.23. The highest BCUT2D eigenvalue weighted by atomic mass is 32.2. The van der Waals surface area contributed by atoms with Gasteiger partial charge in [-0.3, -0.25) is 9.52 Å². The number of anilines is 1. The van der Waals surface area contributed by atoms with E-state index in [4.69, 9.17) is 0 Å². The summed E-state index contributed by atoms with van der Waals surface area (Å²) in [5.74, 6) is -0.142. The van der Waals surface area contributed by atoms with Crippen LogP contribution in [0.2, 0.25) is 0 Å². The first-order chi connectivity index (χ1) is 8.89. The number of amides is 1. The van der Waals surface area contributed by atoms with E-state index < -0.39 is 10.0 Å². The summed E-state index contributed by atoms with van der Waals surface area (Å²) in [5, 5.41) is 2.68. The molecule has 106 valence electrons. The Morgan fingerprint density at radius 1 is 1.26 bits per heavy atom. The summed E-state index contributed by atoms with van der Waals surface area (Å²) in [4.78, 5) is 11.7. The van der Waals surface area contributed by atoms with Gasteiger partial charge < -0.3 is 5.32 Å². The van der Waals surface area contributed by atoms with Crippen LogP contribution in [0, 0.1) is 6.92 Å². The molecule has 0 radical (unpaired) electrons. The lowest BCUT2D eigenvalue weighted by atomic mass is 10.1. The maximum absolute atomic E-state index is 11.7. The van der Waals surface area contributed by atoms with Crippen molar-refractivity contribution in [3.8, 4) is 0 Å². The molecule has 5 nitrogen and oxygen atoms in total. The average molecular weight is 284 g/mol. The van der Waals surface area contributed by atoms with Crippen LogP contribution in [0.4, 0.5) is 5.69 Å². The number of hydrogen-bond donors (Lipinski definition) is 2. The predicted molar refractivity (Wildman–Crippen MR) is 76.9 cm³/mol. The Balaban J connectivity index is 3.01. The molecule has 2 N–H and O–H groups in total. The first-order valence-corrected chi connectivity index (χ1v) is 7.94. The molecule has 0 aliphatic rings. The fraction of sp³-hybridized carbons (Fsp3) is 0.462. The lowest BCUT2D eigenvalue weighted by molar-refractivity contribution is 0.0956. The molecular formula is C13H20N2O3S. The van der Waals surface area contributed by atoms with Gasteiger partial charge in [0.15, 0.2) is 0 Å². The number of sulfonamides is 1. The van der Waals surface area contributed by atoms with Crippen LogP contribution in [0.3, 0.4) is 0 Å². The van der Waals surface area contributed by atoms with Gasteiger partial charge in [0, 0.05) is 12.1 Å². The molecule has 0 aliphatic heterocycles.